The Hall–Kier alpha value is -1.78. The number of carbonyl (C=O) groups excluding carboxylic acids is 1. The van der Waals surface area contributed by atoms with Crippen LogP contribution in [0.3, 0.4) is 0 Å². The summed E-state index contributed by atoms with van der Waals surface area (Å²) in [5, 5.41) is 8.35. The molecule has 0 heterocycles. The van der Waals surface area contributed by atoms with Crippen LogP contribution in [0.25, 0.3) is 4.98 Å². The Morgan fingerprint density at radius 3 is 2.57 bits per heavy atom. The first-order chi connectivity index (χ1) is 6.49. The first kappa shape index (κ1) is 10.3. The first-order valence-electron chi connectivity index (χ1n) is 3.41. The van der Waals surface area contributed by atoms with Crippen LogP contribution < -0.4 is 0 Å². The van der Waals surface area contributed by atoms with E-state index in [9.17, 15) is 13.0 Å². The maximum absolute atomic E-state index is 10.7. The molecule has 6 nitrogen and oxygen atoms in total. The zero-order valence-corrected chi connectivity index (χ0v) is 7.60. The van der Waals surface area contributed by atoms with Crippen molar-refractivity contribution in [2.24, 2.45) is 0 Å². The largest absolute Gasteiger partial charge is 0.744 e. The second-order valence-corrected chi connectivity index (χ2v) is 3.75. The van der Waals surface area contributed by atoms with Crippen molar-refractivity contribution in [2.75, 3.05) is 0 Å². The van der Waals surface area contributed by atoms with Crippen LogP contribution in [0.15, 0.2) is 23.1 Å². The van der Waals surface area contributed by atoms with Gasteiger partial charge < -0.3 is 4.55 Å². The Labute approximate surface area is 79.5 Å². The summed E-state index contributed by atoms with van der Waals surface area (Å²) >= 11 is 0. The Balaban J connectivity index is 3.54. The van der Waals surface area contributed by atoms with Gasteiger partial charge in [0.1, 0.15) is 10.1 Å². The van der Waals surface area contributed by atoms with Gasteiger partial charge in [0.05, 0.1) is 16.5 Å². The van der Waals surface area contributed by atoms with Crippen molar-refractivity contribution >= 4 is 22.1 Å². The Morgan fingerprint density at radius 1 is 1.50 bits per heavy atom. The van der Waals surface area contributed by atoms with E-state index in [0.29, 0.717) is 6.29 Å². The third-order valence-corrected chi connectivity index (χ3v) is 2.41. The van der Waals surface area contributed by atoms with Crippen LogP contribution in [0.2, 0.25) is 0 Å². The standard InChI is InChI=1S/C7H4N2O4S/c8-9-6-2-1-5(4-10)7(3-6)14(11,12)13/h1-4H/p+1. The molecule has 7 heteroatoms. The minimum atomic E-state index is -4.69. The highest BCUT2D eigenvalue weighted by molar-refractivity contribution is 7.85. The molecule has 14 heavy (non-hydrogen) atoms. The average Bonchev–Trinajstić information content (AvgIpc) is 2.15. The SMILES string of the molecule is N#[N+]c1ccc(C=[OH+])c(S(=O)(=O)[O-])c1. The van der Waals surface area contributed by atoms with E-state index in [-0.39, 0.29) is 11.3 Å². The summed E-state index contributed by atoms with van der Waals surface area (Å²) < 4.78 is 32.0. The topological polar surface area (TPSA) is 107 Å². The van der Waals surface area contributed by atoms with Gasteiger partial charge in [-0.15, -0.1) is 0 Å². The minimum Gasteiger partial charge on any atom is -0.744 e. The van der Waals surface area contributed by atoms with Crippen LogP contribution in [0.5, 0.6) is 0 Å². The van der Waals surface area contributed by atoms with E-state index in [1.807, 2.05) is 0 Å². The zero-order valence-electron chi connectivity index (χ0n) is 6.78. The Morgan fingerprint density at radius 2 is 2.14 bits per heavy atom. The maximum atomic E-state index is 10.7. The molecule has 0 aliphatic heterocycles. The molecule has 0 atom stereocenters. The van der Waals surface area contributed by atoms with Crippen molar-refractivity contribution in [1.82, 2.24) is 0 Å². The molecule has 72 valence electrons. The summed E-state index contributed by atoms with van der Waals surface area (Å²) in [5.41, 5.74) is -0.225. The summed E-state index contributed by atoms with van der Waals surface area (Å²) in [7, 11) is -4.69. The molecular weight excluding hydrogens is 208 g/mol. The van der Waals surface area contributed by atoms with Gasteiger partial charge in [0.2, 0.25) is 5.39 Å². The van der Waals surface area contributed by atoms with Crippen molar-refractivity contribution in [2.45, 2.75) is 4.90 Å². The Bertz CT molecular complexity index is 515. The molecular formula is C7H5N2O4S+. The second-order valence-electron chi connectivity index (χ2n) is 2.41. The predicted molar refractivity (Wildman–Crippen MR) is 46.3 cm³/mol. The third kappa shape index (κ3) is 1.93. The van der Waals surface area contributed by atoms with E-state index in [1.165, 1.54) is 6.07 Å². The number of rotatable bonds is 2. The van der Waals surface area contributed by atoms with E-state index < -0.39 is 15.0 Å². The highest BCUT2D eigenvalue weighted by Crippen LogP contribution is 2.20. The number of benzene rings is 1. The molecule has 0 aromatic heterocycles. The number of aldehydes is 1. The Kier molecular flexibility index (Phi) is 2.60. The van der Waals surface area contributed by atoms with Crippen LogP contribution >= 0.6 is 0 Å². The molecule has 0 unspecified atom stereocenters. The van der Waals surface area contributed by atoms with Crippen molar-refractivity contribution in [3.8, 4) is 0 Å². The monoisotopic (exact) mass is 213 g/mol. The summed E-state index contributed by atoms with van der Waals surface area (Å²) in [6.07, 6.45) is 0.492. The highest BCUT2D eigenvalue weighted by atomic mass is 32.2. The fourth-order valence-corrected chi connectivity index (χ4v) is 1.58. The lowest BCUT2D eigenvalue weighted by Crippen LogP contribution is -2.02. The van der Waals surface area contributed by atoms with Crippen LogP contribution in [0.1, 0.15) is 5.56 Å². The first-order valence-corrected chi connectivity index (χ1v) is 4.82. The molecule has 0 saturated carbocycles. The minimum absolute atomic E-state index is 0.0787. The van der Waals surface area contributed by atoms with Gasteiger partial charge in [-0.1, -0.05) is 0 Å². The average molecular weight is 213 g/mol. The van der Waals surface area contributed by atoms with Crippen molar-refractivity contribution in [3.63, 3.8) is 0 Å². The molecule has 0 amide bonds. The van der Waals surface area contributed by atoms with E-state index in [1.54, 1.807) is 0 Å². The molecule has 0 bridgehead atoms. The maximum Gasteiger partial charge on any atom is 0.386 e. The van der Waals surface area contributed by atoms with Crippen molar-refractivity contribution in [3.05, 3.63) is 28.7 Å². The fourth-order valence-electron chi connectivity index (χ4n) is 0.908. The molecule has 1 rings (SSSR count). The molecule has 1 aromatic rings. The summed E-state index contributed by atoms with van der Waals surface area (Å²) in [6, 6.07) is 3.26. The lowest BCUT2D eigenvalue weighted by atomic mass is 10.2. The van der Waals surface area contributed by atoms with Crippen LogP contribution in [-0.4, -0.2) is 24.1 Å². The highest BCUT2D eigenvalue weighted by Gasteiger charge is 2.16. The predicted octanol–water partition coefficient (Wildman–Crippen LogP) is 0.598. The molecule has 0 aliphatic carbocycles. The van der Waals surface area contributed by atoms with Gasteiger partial charge in [0.15, 0.2) is 4.98 Å². The van der Waals surface area contributed by atoms with Crippen LogP contribution in [-0.2, 0) is 10.1 Å². The lowest BCUT2D eigenvalue weighted by molar-refractivity contribution is 0.463. The fraction of sp³-hybridized carbons (Fsp3) is 0. The molecule has 0 spiro atoms. The number of diazo groups is 1. The number of hydrogen-bond donors (Lipinski definition) is 0. The van der Waals surface area contributed by atoms with E-state index in [0.717, 1.165) is 12.1 Å². The van der Waals surface area contributed by atoms with Crippen molar-refractivity contribution in [1.29, 1.82) is 5.39 Å². The zero-order chi connectivity index (χ0) is 10.8. The summed E-state index contributed by atoms with van der Waals surface area (Å²) in [5.74, 6) is 0. The van der Waals surface area contributed by atoms with Gasteiger partial charge in [-0.3, -0.25) is 4.79 Å². The van der Waals surface area contributed by atoms with Gasteiger partial charge in [-0.2, -0.15) is 0 Å². The molecule has 1 aromatic carbocycles. The normalized spacial score (nSPS) is 10.6. The quantitative estimate of drug-likeness (QED) is 0.310. The van der Waals surface area contributed by atoms with Crippen LogP contribution in [0.4, 0.5) is 5.69 Å². The van der Waals surface area contributed by atoms with Gasteiger partial charge in [0, 0.05) is 6.07 Å². The smallest absolute Gasteiger partial charge is 0.386 e. The number of hydrogen-bond acceptors (Lipinski definition) is 4. The lowest BCUT2D eigenvalue weighted by Gasteiger charge is -2.05. The van der Waals surface area contributed by atoms with Gasteiger partial charge in [0.25, 0.3) is 0 Å². The third-order valence-electron chi connectivity index (χ3n) is 1.52. The second kappa shape index (κ2) is 3.53. The molecule has 0 fully saturated rings. The molecule has 0 radical (unpaired) electrons. The van der Waals surface area contributed by atoms with Gasteiger partial charge >= 0.3 is 12.0 Å². The van der Waals surface area contributed by atoms with E-state index >= 15 is 0 Å². The van der Waals surface area contributed by atoms with Gasteiger partial charge in [-0.05, 0) is 6.07 Å². The molecule has 0 saturated heterocycles. The van der Waals surface area contributed by atoms with E-state index in [4.69, 9.17) is 10.2 Å². The van der Waals surface area contributed by atoms with E-state index in [2.05, 4.69) is 4.98 Å². The van der Waals surface area contributed by atoms with Crippen molar-refractivity contribution < 1.29 is 17.8 Å². The molecule has 1 N–H and O–H groups in total. The summed E-state index contributed by atoms with van der Waals surface area (Å²) in [4.78, 5) is 10.7. The molecule has 0 aliphatic rings. The van der Waals surface area contributed by atoms with Crippen LogP contribution in [0, 0.1) is 5.39 Å². The number of nitrogens with zero attached hydrogens (tertiary/aromatic N) is 2. The van der Waals surface area contributed by atoms with Gasteiger partial charge in [-0.25, -0.2) is 8.42 Å². The summed E-state index contributed by atoms with van der Waals surface area (Å²) in [6.45, 7) is 0.